The van der Waals surface area contributed by atoms with Crippen molar-refractivity contribution in [2.75, 3.05) is 12.4 Å². The first kappa shape index (κ1) is 16.5. The molecule has 0 aliphatic carbocycles. The van der Waals surface area contributed by atoms with Gasteiger partial charge in [0.2, 0.25) is 5.91 Å². The first-order valence-electron chi connectivity index (χ1n) is 6.94. The molecule has 2 amide bonds. The maximum Gasteiger partial charge on any atom is 0.251 e. The van der Waals surface area contributed by atoms with Crippen LogP contribution in [0.1, 0.15) is 21.5 Å². The number of anilines is 1. The molecule has 0 radical (unpaired) electrons. The predicted molar refractivity (Wildman–Crippen MR) is 85.0 cm³/mol. The summed E-state index contributed by atoms with van der Waals surface area (Å²) in [5.74, 6) is -1.41. The van der Waals surface area contributed by atoms with Crippen LogP contribution < -0.4 is 15.8 Å². The lowest BCUT2D eigenvalue weighted by molar-refractivity contribution is -0.115. The van der Waals surface area contributed by atoms with Gasteiger partial charge in [-0.2, -0.15) is 0 Å². The van der Waals surface area contributed by atoms with Crippen molar-refractivity contribution in [2.45, 2.75) is 13.3 Å². The molecule has 0 heterocycles. The van der Waals surface area contributed by atoms with Crippen molar-refractivity contribution >= 4 is 17.5 Å². The molecule has 0 aliphatic rings. The minimum absolute atomic E-state index is 0.0347. The summed E-state index contributed by atoms with van der Waals surface area (Å²) in [7, 11) is 1.37. The number of hydrogen-bond donors (Lipinski definition) is 2. The van der Waals surface area contributed by atoms with E-state index in [0.717, 1.165) is 0 Å². The standard InChI is InChI=1S/C17H17FN2O3/c1-10-4-3-5-13(16(10)17(19)22)20-15(21)9-11-6-7-14(23-2)12(18)8-11/h3-8H,9H2,1-2H3,(H2,19,22)(H,20,21). The van der Waals surface area contributed by atoms with Crippen molar-refractivity contribution < 1.29 is 18.7 Å². The Morgan fingerprint density at radius 2 is 2.00 bits per heavy atom. The summed E-state index contributed by atoms with van der Waals surface area (Å²) in [5, 5.41) is 2.64. The predicted octanol–water partition coefficient (Wildman–Crippen LogP) is 2.42. The van der Waals surface area contributed by atoms with Crippen LogP contribution in [0.4, 0.5) is 10.1 Å². The Morgan fingerprint density at radius 1 is 1.26 bits per heavy atom. The molecular weight excluding hydrogens is 299 g/mol. The van der Waals surface area contributed by atoms with E-state index in [1.165, 1.54) is 19.2 Å². The normalized spacial score (nSPS) is 10.2. The average molecular weight is 316 g/mol. The number of aryl methyl sites for hydroxylation is 1. The van der Waals surface area contributed by atoms with Crippen LogP contribution in [-0.2, 0) is 11.2 Å². The van der Waals surface area contributed by atoms with Gasteiger partial charge in [0, 0.05) is 0 Å². The number of carbonyl (C=O) groups excluding carboxylic acids is 2. The van der Waals surface area contributed by atoms with Gasteiger partial charge < -0.3 is 15.8 Å². The van der Waals surface area contributed by atoms with Crippen LogP contribution in [0.3, 0.4) is 0 Å². The molecule has 0 aliphatic heterocycles. The van der Waals surface area contributed by atoms with E-state index < -0.39 is 11.7 Å². The van der Waals surface area contributed by atoms with E-state index in [2.05, 4.69) is 5.32 Å². The number of benzene rings is 2. The molecule has 2 rings (SSSR count). The van der Waals surface area contributed by atoms with Gasteiger partial charge in [-0.25, -0.2) is 4.39 Å². The lowest BCUT2D eigenvalue weighted by atomic mass is 10.1. The lowest BCUT2D eigenvalue weighted by Crippen LogP contribution is -2.20. The summed E-state index contributed by atoms with van der Waals surface area (Å²) in [5.41, 5.74) is 7.12. The van der Waals surface area contributed by atoms with E-state index in [1.54, 1.807) is 31.2 Å². The molecule has 0 atom stereocenters. The molecular formula is C17H17FN2O3. The number of amides is 2. The summed E-state index contributed by atoms with van der Waals surface area (Å²) < 4.78 is 18.5. The fourth-order valence-corrected chi connectivity index (χ4v) is 2.30. The van der Waals surface area contributed by atoms with Gasteiger partial charge in [-0.15, -0.1) is 0 Å². The lowest BCUT2D eigenvalue weighted by Gasteiger charge is -2.11. The van der Waals surface area contributed by atoms with E-state index in [4.69, 9.17) is 10.5 Å². The third-order valence-electron chi connectivity index (χ3n) is 3.37. The topological polar surface area (TPSA) is 81.4 Å². The fourth-order valence-electron chi connectivity index (χ4n) is 2.30. The number of primary amides is 1. The largest absolute Gasteiger partial charge is 0.494 e. The van der Waals surface area contributed by atoms with E-state index in [0.29, 0.717) is 16.8 Å². The third-order valence-corrected chi connectivity index (χ3v) is 3.37. The number of carbonyl (C=O) groups is 2. The van der Waals surface area contributed by atoms with Crippen LogP contribution in [-0.4, -0.2) is 18.9 Å². The number of nitrogens with one attached hydrogen (secondary N) is 1. The van der Waals surface area contributed by atoms with E-state index in [9.17, 15) is 14.0 Å². The molecule has 3 N–H and O–H groups in total. The number of ether oxygens (including phenoxy) is 1. The Bertz CT molecular complexity index is 759. The van der Waals surface area contributed by atoms with Gasteiger partial charge in [0.15, 0.2) is 11.6 Å². The number of hydrogen-bond acceptors (Lipinski definition) is 3. The zero-order chi connectivity index (χ0) is 17.0. The molecule has 0 aromatic heterocycles. The molecule has 0 bridgehead atoms. The summed E-state index contributed by atoms with van der Waals surface area (Å²) in [6, 6.07) is 9.34. The molecule has 0 spiro atoms. The average Bonchev–Trinajstić information content (AvgIpc) is 2.47. The maximum absolute atomic E-state index is 13.6. The zero-order valence-electron chi connectivity index (χ0n) is 12.9. The van der Waals surface area contributed by atoms with Crippen molar-refractivity contribution in [3.05, 3.63) is 58.9 Å². The highest BCUT2D eigenvalue weighted by Crippen LogP contribution is 2.21. The minimum Gasteiger partial charge on any atom is -0.494 e. The Hall–Kier alpha value is -2.89. The number of nitrogens with two attached hydrogens (primary N) is 1. The van der Waals surface area contributed by atoms with Gasteiger partial charge in [-0.05, 0) is 36.2 Å². The molecule has 6 heteroatoms. The smallest absolute Gasteiger partial charge is 0.251 e. The summed E-state index contributed by atoms with van der Waals surface area (Å²) in [6.45, 7) is 1.73. The van der Waals surface area contributed by atoms with Crippen molar-refractivity contribution in [3.63, 3.8) is 0 Å². The summed E-state index contributed by atoms with van der Waals surface area (Å²) in [6.07, 6.45) is -0.0347. The zero-order valence-corrected chi connectivity index (χ0v) is 12.9. The Kier molecular flexibility index (Phi) is 4.95. The molecule has 0 unspecified atom stereocenters. The van der Waals surface area contributed by atoms with Crippen LogP contribution in [0.15, 0.2) is 36.4 Å². The SMILES string of the molecule is COc1ccc(CC(=O)Nc2cccc(C)c2C(N)=O)cc1F. The third kappa shape index (κ3) is 3.85. The molecule has 23 heavy (non-hydrogen) atoms. The number of methoxy groups -OCH3 is 1. The van der Waals surface area contributed by atoms with Gasteiger partial charge in [-0.1, -0.05) is 18.2 Å². The molecule has 0 saturated carbocycles. The molecule has 0 fully saturated rings. The molecule has 2 aromatic rings. The van der Waals surface area contributed by atoms with E-state index in [1.807, 2.05) is 0 Å². The molecule has 0 saturated heterocycles. The fraction of sp³-hybridized carbons (Fsp3) is 0.176. The van der Waals surface area contributed by atoms with Crippen LogP contribution in [0.25, 0.3) is 0 Å². The van der Waals surface area contributed by atoms with Gasteiger partial charge in [0.25, 0.3) is 5.91 Å². The van der Waals surface area contributed by atoms with E-state index >= 15 is 0 Å². The van der Waals surface area contributed by atoms with Gasteiger partial charge in [0.05, 0.1) is 24.8 Å². The van der Waals surface area contributed by atoms with Gasteiger partial charge in [0.1, 0.15) is 0 Å². The second kappa shape index (κ2) is 6.91. The van der Waals surface area contributed by atoms with Gasteiger partial charge >= 0.3 is 0 Å². The van der Waals surface area contributed by atoms with Crippen molar-refractivity contribution in [1.82, 2.24) is 0 Å². The second-order valence-corrected chi connectivity index (χ2v) is 5.06. The molecule has 120 valence electrons. The highest BCUT2D eigenvalue weighted by molar-refractivity contribution is 6.04. The first-order chi connectivity index (χ1) is 10.9. The van der Waals surface area contributed by atoms with Crippen molar-refractivity contribution in [1.29, 1.82) is 0 Å². The van der Waals surface area contributed by atoms with Crippen molar-refractivity contribution in [3.8, 4) is 5.75 Å². The summed E-state index contributed by atoms with van der Waals surface area (Å²) in [4.78, 5) is 23.6. The number of halogens is 1. The number of rotatable bonds is 5. The maximum atomic E-state index is 13.6. The Labute approximate surface area is 133 Å². The second-order valence-electron chi connectivity index (χ2n) is 5.06. The van der Waals surface area contributed by atoms with Crippen molar-refractivity contribution in [2.24, 2.45) is 5.73 Å². The summed E-state index contributed by atoms with van der Waals surface area (Å²) >= 11 is 0. The molecule has 2 aromatic carbocycles. The first-order valence-corrected chi connectivity index (χ1v) is 6.94. The highest BCUT2D eigenvalue weighted by Gasteiger charge is 2.14. The molecule has 5 nitrogen and oxygen atoms in total. The quantitative estimate of drug-likeness (QED) is 0.889. The monoisotopic (exact) mass is 316 g/mol. The Balaban J connectivity index is 2.16. The van der Waals surface area contributed by atoms with E-state index in [-0.39, 0.29) is 23.6 Å². The minimum atomic E-state index is -0.617. The van der Waals surface area contributed by atoms with Crippen LogP contribution in [0, 0.1) is 12.7 Å². The van der Waals surface area contributed by atoms with Gasteiger partial charge in [-0.3, -0.25) is 9.59 Å². The Morgan fingerprint density at radius 3 is 2.61 bits per heavy atom. The highest BCUT2D eigenvalue weighted by atomic mass is 19.1. The van der Waals surface area contributed by atoms with Crippen LogP contribution in [0.2, 0.25) is 0 Å². The van der Waals surface area contributed by atoms with Crippen LogP contribution >= 0.6 is 0 Å². The van der Waals surface area contributed by atoms with Crippen LogP contribution in [0.5, 0.6) is 5.75 Å².